The van der Waals surface area contributed by atoms with Crippen molar-refractivity contribution in [1.29, 1.82) is 0 Å². The molecule has 1 fully saturated rings. The number of hydrogen-bond donors (Lipinski definition) is 2. The monoisotopic (exact) mass is 285 g/mol. The Hall–Kier alpha value is -1.30. The first-order valence-electron chi connectivity index (χ1n) is 7.26. The summed E-state index contributed by atoms with van der Waals surface area (Å²) in [6, 6.07) is -0.871. The molecule has 0 radical (unpaired) electrons. The molecule has 1 unspecified atom stereocenters. The van der Waals surface area contributed by atoms with Crippen LogP contribution in [0.4, 0.5) is 4.79 Å². The average molecular weight is 285 g/mol. The predicted octanol–water partition coefficient (Wildman–Crippen LogP) is 1.22. The number of rotatable bonds is 6. The quantitative estimate of drug-likeness (QED) is 0.769. The molecule has 0 bridgehead atoms. The second-order valence-electron chi connectivity index (χ2n) is 6.22. The minimum Gasteiger partial charge on any atom is -0.480 e. The molecule has 1 saturated heterocycles. The standard InChI is InChI=1S/C14H27N3O3/c1-10(2)8-12(13(18)19)15-14(20)17-7-5-6-11(17)9-16(3)4/h10-12H,5-9H2,1-4H3,(H,15,20)(H,18,19)/t11?,12-/m1/s1. The van der Waals surface area contributed by atoms with Crippen molar-refractivity contribution in [1.82, 2.24) is 15.1 Å². The molecule has 6 nitrogen and oxygen atoms in total. The van der Waals surface area contributed by atoms with Crippen LogP contribution < -0.4 is 5.32 Å². The summed E-state index contributed by atoms with van der Waals surface area (Å²) in [5.41, 5.74) is 0. The molecule has 0 aliphatic carbocycles. The average Bonchev–Trinajstić information content (AvgIpc) is 2.74. The van der Waals surface area contributed by atoms with E-state index in [1.54, 1.807) is 4.90 Å². The lowest BCUT2D eigenvalue weighted by molar-refractivity contribution is -0.139. The summed E-state index contributed by atoms with van der Waals surface area (Å²) in [7, 11) is 3.96. The van der Waals surface area contributed by atoms with Gasteiger partial charge in [0, 0.05) is 19.1 Å². The van der Waals surface area contributed by atoms with Crippen molar-refractivity contribution in [2.24, 2.45) is 5.92 Å². The minimum absolute atomic E-state index is 0.179. The van der Waals surface area contributed by atoms with Crippen LogP contribution >= 0.6 is 0 Å². The number of carbonyl (C=O) groups is 2. The van der Waals surface area contributed by atoms with Crippen LogP contribution in [-0.2, 0) is 4.79 Å². The number of aliphatic carboxylic acids is 1. The molecule has 0 saturated carbocycles. The number of likely N-dealkylation sites (N-methyl/N-ethyl adjacent to an activating group) is 1. The zero-order valence-corrected chi connectivity index (χ0v) is 12.9. The number of amides is 2. The van der Waals surface area contributed by atoms with Gasteiger partial charge in [0.15, 0.2) is 0 Å². The maximum absolute atomic E-state index is 12.3. The van der Waals surface area contributed by atoms with E-state index in [-0.39, 0.29) is 18.0 Å². The van der Waals surface area contributed by atoms with Gasteiger partial charge >= 0.3 is 12.0 Å². The molecule has 20 heavy (non-hydrogen) atoms. The van der Waals surface area contributed by atoms with E-state index in [1.165, 1.54) is 0 Å². The summed E-state index contributed by atoms with van der Waals surface area (Å²) in [5.74, 6) is -0.733. The SMILES string of the molecule is CC(C)C[C@@H](NC(=O)N1CCCC1CN(C)C)C(=O)O. The molecule has 0 spiro atoms. The van der Waals surface area contributed by atoms with Crippen molar-refractivity contribution in [2.75, 3.05) is 27.2 Å². The zero-order chi connectivity index (χ0) is 15.3. The number of carboxylic acids is 1. The molecule has 0 aromatic carbocycles. The number of carboxylic acid groups (broad SMARTS) is 1. The van der Waals surface area contributed by atoms with E-state index in [2.05, 4.69) is 10.2 Å². The molecule has 116 valence electrons. The van der Waals surface area contributed by atoms with Gasteiger partial charge in [0.2, 0.25) is 0 Å². The summed E-state index contributed by atoms with van der Waals surface area (Å²) in [5, 5.41) is 11.8. The van der Waals surface area contributed by atoms with E-state index in [0.717, 1.165) is 19.4 Å². The van der Waals surface area contributed by atoms with Gasteiger partial charge < -0.3 is 20.2 Å². The van der Waals surface area contributed by atoms with E-state index in [4.69, 9.17) is 0 Å². The van der Waals surface area contributed by atoms with Crippen LogP contribution in [0.5, 0.6) is 0 Å². The van der Waals surface area contributed by atoms with Gasteiger partial charge in [-0.05, 0) is 39.3 Å². The Morgan fingerprint density at radius 1 is 1.40 bits per heavy atom. The lowest BCUT2D eigenvalue weighted by Gasteiger charge is -2.29. The molecule has 2 atom stereocenters. The summed E-state index contributed by atoms with van der Waals surface area (Å²) in [6.07, 6.45) is 2.41. The van der Waals surface area contributed by atoms with Crippen molar-refractivity contribution in [2.45, 2.75) is 45.2 Å². The lowest BCUT2D eigenvalue weighted by Crippen LogP contribution is -2.51. The van der Waals surface area contributed by atoms with Gasteiger partial charge in [-0.2, -0.15) is 0 Å². The van der Waals surface area contributed by atoms with Crippen LogP contribution in [0.2, 0.25) is 0 Å². The van der Waals surface area contributed by atoms with Crippen molar-refractivity contribution in [3.63, 3.8) is 0 Å². The van der Waals surface area contributed by atoms with Gasteiger partial charge in [0.05, 0.1) is 0 Å². The van der Waals surface area contributed by atoms with Crippen molar-refractivity contribution in [3.8, 4) is 0 Å². The molecule has 1 aliphatic heterocycles. The van der Waals surface area contributed by atoms with Gasteiger partial charge in [-0.25, -0.2) is 9.59 Å². The molecule has 0 aromatic rings. The normalized spacial score (nSPS) is 20.5. The minimum atomic E-state index is -0.963. The summed E-state index contributed by atoms with van der Waals surface area (Å²) in [6.45, 7) is 5.42. The molecule has 0 aromatic heterocycles. The third-order valence-electron chi connectivity index (χ3n) is 3.52. The van der Waals surface area contributed by atoms with Crippen molar-refractivity contribution in [3.05, 3.63) is 0 Å². The van der Waals surface area contributed by atoms with Gasteiger partial charge in [-0.1, -0.05) is 13.8 Å². The highest BCUT2D eigenvalue weighted by molar-refractivity contribution is 5.82. The molecular formula is C14H27N3O3. The number of urea groups is 1. The number of carbonyl (C=O) groups excluding carboxylic acids is 1. The second kappa shape index (κ2) is 7.47. The van der Waals surface area contributed by atoms with Crippen LogP contribution in [0, 0.1) is 5.92 Å². The fourth-order valence-electron chi connectivity index (χ4n) is 2.64. The summed E-state index contributed by atoms with van der Waals surface area (Å²) >= 11 is 0. The first-order valence-corrected chi connectivity index (χ1v) is 7.26. The largest absolute Gasteiger partial charge is 0.480 e. The highest BCUT2D eigenvalue weighted by Gasteiger charge is 2.31. The van der Waals surface area contributed by atoms with E-state index in [9.17, 15) is 14.7 Å². The maximum atomic E-state index is 12.3. The van der Waals surface area contributed by atoms with Crippen LogP contribution in [0.25, 0.3) is 0 Å². The topological polar surface area (TPSA) is 72.9 Å². The summed E-state index contributed by atoms with van der Waals surface area (Å²) in [4.78, 5) is 27.3. The fourth-order valence-corrected chi connectivity index (χ4v) is 2.64. The Bertz CT molecular complexity index is 345. The molecule has 6 heteroatoms. The van der Waals surface area contributed by atoms with E-state index < -0.39 is 12.0 Å². The lowest BCUT2D eigenvalue weighted by atomic mass is 10.0. The van der Waals surface area contributed by atoms with Gasteiger partial charge in [-0.15, -0.1) is 0 Å². The molecule has 1 rings (SSSR count). The highest BCUT2D eigenvalue weighted by atomic mass is 16.4. The van der Waals surface area contributed by atoms with E-state index in [1.807, 2.05) is 27.9 Å². The Balaban J connectivity index is 2.61. The second-order valence-corrected chi connectivity index (χ2v) is 6.22. The number of likely N-dealkylation sites (tertiary alicyclic amines) is 1. The third-order valence-corrected chi connectivity index (χ3v) is 3.52. The van der Waals surface area contributed by atoms with Crippen LogP contribution in [0.15, 0.2) is 0 Å². The first-order chi connectivity index (χ1) is 9.31. The fraction of sp³-hybridized carbons (Fsp3) is 0.857. The number of nitrogens with one attached hydrogen (secondary N) is 1. The molecule has 2 amide bonds. The van der Waals surface area contributed by atoms with Crippen molar-refractivity contribution < 1.29 is 14.7 Å². The number of nitrogens with zero attached hydrogens (tertiary/aromatic N) is 2. The van der Waals surface area contributed by atoms with E-state index >= 15 is 0 Å². The zero-order valence-electron chi connectivity index (χ0n) is 12.9. The molecule has 1 aliphatic rings. The van der Waals surface area contributed by atoms with Crippen molar-refractivity contribution >= 4 is 12.0 Å². The molecular weight excluding hydrogens is 258 g/mol. The van der Waals surface area contributed by atoms with E-state index in [0.29, 0.717) is 13.0 Å². The van der Waals surface area contributed by atoms with Gasteiger partial charge in [0.1, 0.15) is 6.04 Å². The van der Waals surface area contributed by atoms with Gasteiger partial charge in [0.25, 0.3) is 0 Å². The Labute approximate surface area is 121 Å². The predicted molar refractivity (Wildman–Crippen MR) is 77.7 cm³/mol. The van der Waals surface area contributed by atoms with Crippen LogP contribution in [-0.4, -0.2) is 66.2 Å². The van der Waals surface area contributed by atoms with Gasteiger partial charge in [-0.3, -0.25) is 0 Å². The smallest absolute Gasteiger partial charge is 0.326 e. The first kappa shape index (κ1) is 16.8. The number of hydrogen-bond acceptors (Lipinski definition) is 3. The molecule has 1 heterocycles. The maximum Gasteiger partial charge on any atom is 0.326 e. The Morgan fingerprint density at radius 2 is 2.05 bits per heavy atom. The molecule has 2 N–H and O–H groups in total. The summed E-state index contributed by atoms with van der Waals surface area (Å²) < 4.78 is 0. The van der Waals surface area contributed by atoms with Crippen LogP contribution in [0.1, 0.15) is 33.1 Å². The highest BCUT2D eigenvalue weighted by Crippen LogP contribution is 2.18. The van der Waals surface area contributed by atoms with Crippen LogP contribution in [0.3, 0.4) is 0 Å². The Morgan fingerprint density at radius 3 is 2.55 bits per heavy atom. The third kappa shape index (κ3) is 5.00. The Kier molecular flexibility index (Phi) is 6.26.